The number of halogens is 2. The van der Waals surface area contributed by atoms with E-state index >= 15 is 0 Å². The average Bonchev–Trinajstić information content (AvgIpc) is 3.36. The van der Waals surface area contributed by atoms with Gasteiger partial charge in [0.05, 0.1) is 40.6 Å². The maximum absolute atomic E-state index is 9.85. The molecule has 0 amide bonds. The Morgan fingerprint density at radius 1 is 0.239 bits per heavy atom. The Kier molecular flexibility index (Phi) is 96100. The Hall–Kier alpha value is 4.01. The van der Waals surface area contributed by atoms with Crippen LogP contribution in [0, 0.1) is 293 Å². The molecule has 0 aliphatic rings. The standard InChI is InChI=1S/2C2H6O2.4C2H4.2CH3FO.2CH4O2.3CH4O.2CH3O.7CH2O.37CH4.4CH3.2H2O2.4H2O.8U/c2*3-1-2-4;4*1-2;2*2-1-3;2*1-3-2;12*1-2;;;;;;;;;;;;;;;;;;;;;;;;;;;;;;;;;;;;;;;;;;2*1-2;;;;;;;;;;;;/h2*3-4H,1-2H2;4*1-2H2;2*3H,1H2;2*2H,1H3;3*2H,1H3;2*2H,1H2;7*1H2;37*1H4;4*1H3;2*1-2H;4*1H2;;;;;;;;/q;;;;;;;;;;;;;2*-1;;;;;;;;;;;;;;;;;;;;;;;;;;;;;;;;;;;;;;;;;;;;;4*-1;;;;;;;;;;;;;+2;+3. The Bertz CT molecular complexity index is 250. The van der Waals surface area contributed by atoms with Gasteiger partial charge in [0.15, 0.2) is 13.7 Å². The van der Waals surface area contributed by atoms with Crippen LogP contribution in [0.2, 0.25) is 0 Å². The van der Waals surface area contributed by atoms with Gasteiger partial charge in [-0.3, -0.25) is 31.5 Å². The molecule has 0 aromatic heterocycles. The fraction of sp³-hybridized carbons (Fsp3) is 0.696. The van der Waals surface area contributed by atoms with Crippen LogP contribution >= 0.6 is 0 Å². The molecule has 0 unspecified atom stereocenters. The second-order valence-corrected chi connectivity index (χ2v) is 1.50. The van der Waals surface area contributed by atoms with Crippen molar-refractivity contribution < 1.29 is 411 Å². The van der Waals surface area contributed by atoms with Crippen LogP contribution in [0.5, 0.6) is 0 Å². The van der Waals surface area contributed by atoms with Crippen LogP contribution in [0.15, 0.2) is 52.6 Å². The van der Waals surface area contributed by atoms with Crippen molar-refractivity contribution in [1.29, 1.82) is 0 Å². The number of carbonyl (C=O) groups is 7. The number of hydrogen-bond acceptors (Lipinski definition) is 26. The summed E-state index contributed by atoms with van der Waals surface area (Å²) in [6, 6.07) is 0. The van der Waals surface area contributed by atoms with Gasteiger partial charge in [-0.1, -0.05) is 275 Å². The van der Waals surface area contributed by atoms with Crippen molar-refractivity contribution in [2.24, 2.45) is 0 Å². The maximum atomic E-state index is 9.85. The molecule has 1 radical (unpaired) electrons. The minimum atomic E-state index is -1.25. The summed E-state index contributed by atoms with van der Waals surface area (Å²) in [6.07, 6.45) is 0. The van der Waals surface area contributed by atoms with Gasteiger partial charge in [-0.2, -0.15) is 0 Å². The number of aliphatic hydroxyl groups excluding tert-OH is 11. The third-order valence-corrected chi connectivity index (χ3v) is 0.200. The fourth-order valence-corrected chi connectivity index (χ4v) is 0. The smallest absolute Gasteiger partial charge is 0.569 e. The van der Waals surface area contributed by atoms with E-state index < -0.39 is 13.7 Å². The number of alkyl halides is 2. The van der Waals surface area contributed by atoms with Crippen LogP contribution in [0.1, 0.15) is 275 Å². The summed E-state index contributed by atoms with van der Waals surface area (Å²) < 4.78 is 19.7. The van der Waals surface area contributed by atoms with E-state index in [2.05, 4.69) is 76.6 Å². The summed E-state index contributed by atoms with van der Waals surface area (Å²) in [6.45, 7) is 35.0. The van der Waals surface area contributed by atoms with E-state index in [0.717, 1.165) is 21.3 Å². The van der Waals surface area contributed by atoms with E-state index in [1.807, 2.05) is 47.5 Å². The summed E-state index contributed by atoms with van der Waals surface area (Å²) in [7, 11) is 9.86. The zero-order valence-corrected chi connectivity index (χ0v) is 76.6. The van der Waals surface area contributed by atoms with Gasteiger partial charge in [-0.05, 0) is 0 Å². The predicted octanol–water partition coefficient (Wildman–Crippen LogP) is 21.1. The molecule has 0 atom stereocenters. The largest absolute Gasteiger partial charge is 3.00 e. The first-order chi connectivity index (χ1) is 27.5. The van der Waals surface area contributed by atoms with Gasteiger partial charge in [-0.15, -0.1) is 52.6 Å². The molecule has 749 valence electrons. The monoisotopic (exact) mass is 3500 g/mol. The fourth-order valence-electron chi connectivity index (χ4n) is 0. The molecule has 0 bridgehead atoms. The molecule has 0 aromatic carbocycles. The van der Waals surface area contributed by atoms with Crippen molar-refractivity contribution in [1.82, 2.24) is 0 Å². The van der Waals surface area contributed by atoms with Gasteiger partial charge in [0.2, 0.25) is 0 Å². The molecule has 0 fully saturated rings. The molecule has 0 heterocycles. The van der Waals surface area contributed by atoms with Gasteiger partial charge in [0.25, 0.3) is 0 Å². The molecule has 0 aliphatic carbocycles. The summed E-state index contributed by atoms with van der Waals surface area (Å²) in [5.41, 5.74) is 0. The first-order valence-electron chi connectivity index (χ1n) is 11.0. The minimum absolute atomic E-state index is 0. The van der Waals surface area contributed by atoms with Crippen molar-refractivity contribution in [3.63, 3.8) is 0 Å². The predicted molar refractivity (Wildman–Crippen MR) is 498 cm³/mol. The average molecular weight is 3500 g/mol. The Morgan fingerprint density at radius 2 is 0.248 bits per heavy atom. The van der Waals surface area contributed by atoms with Crippen molar-refractivity contribution in [2.75, 3.05) is 75.7 Å². The molecule has 30 nitrogen and oxygen atoms in total. The molecule has 40 heteroatoms. The van der Waals surface area contributed by atoms with Crippen LogP contribution in [0.3, 0.4) is 0 Å². The van der Waals surface area contributed by atoms with E-state index in [1.165, 1.54) is 14.2 Å². The Morgan fingerprint density at radius 3 is 0.248 bits per heavy atom. The van der Waals surface area contributed by atoms with Gasteiger partial charge in [0.1, 0.15) is 47.5 Å². The molecular weight excluding hydrogens is 3250 g/mol. The van der Waals surface area contributed by atoms with Gasteiger partial charge in [0, 0.05) is 208 Å². The summed E-state index contributed by atoms with van der Waals surface area (Å²) in [4.78, 5) is 62.5. The third kappa shape index (κ3) is 37600. The van der Waals surface area contributed by atoms with Crippen LogP contribution in [-0.2, 0) is 43.3 Å². The molecule has 25 N–H and O–H groups in total. The van der Waals surface area contributed by atoms with Gasteiger partial charge in [-0.25, -0.2) is 32.8 Å². The molecule has 0 saturated carbocycles. The van der Waals surface area contributed by atoms with Crippen molar-refractivity contribution >= 4 is 47.5 Å². The quantitative estimate of drug-likeness (QED) is 0.0528. The molecule has 0 saturated heterocycles. The van der Waals surface area contributed by atoms with Crippen LogP contribution in [0.25, 0.3) is 0 Å². The van der Waals surface area contributed by atoms with Gasteiger partial charge >= 0.3 is 62.2 Å². The van der Waals surface area contributed by atoms with Crippen molar-refractivity contribution in [3.8, 4) is 0 Å². The van der Waals surface area contributed by atoms with Crippen molar-refractivity contribution in [3.05, 3.63) is 96.6 Å². The molecule has 0 rings (SSSR count). The summed E-state index contributed by atoms with van der Waals surface area (Å²) >= 11 is 0. The summed E-state index contributed by atoms with van der Waals surface area (Å²) in [5, 5.41) is 117. The SMILES string of the molecule is C.C.C.C.C.C.C.C.C.C.C.C.C.C.C.C.C.C.C.C.C.C.C.C.C.C.C.C.C.C.C.C.C.C.C.C.C.C=C.C=C.C=C.C=C.C=O.C=O.C=O.C=O.C=O.C=O.C=O.CO.CO.CO.COO.COO.O.O.O.O.OCCO.OCCO.OCF.OCF.OO.OO.[CH2-]O.[CH2-]O.[CH3-].[CH3-].[CH3-].[CH3-].[U+2].[U+3].[U].[U].[U].[U].[U].[U]. The molecule has 0 spiro atoms. The van der Waals surface area contributed by atoms with Crippen LogP contribution in [0.4, 0.5) is 8.78 Å². The van der Waals surface area contributed by atoms with E-state index in [4.69, 9.17) is 121 Å². The topological polar surface area (TPSA) is 608 Å². The molecule has 0 aromatic rings. The van der Waals surface area contributed by atoms with E-state index in [0.29, 0.717) is 0 Å². The normalized spacial score (nSPS) is 2.00. The van der Waals surface area contributed by atoms with Crippen LogP contribution < -0.4 is 0 Å². The molecule has 0 aliphatic heterocycles. The van der Waals surface area contributed by atoms with Gasteiger partial charge < -0.3 is 141 Å². The zero-order valence-electron chi connectivity index (χ0n) is 43.3. The number of rotatable bonds is 2. The number of carbonyl (C=O) groups excluding carboxylic acids is 7. The maximum Gasteiger partial charge on any atom is 3.00 e. The number of hydrogen-bond donors (Lipinski definition) is 17. The molecule has 109 heavy (non-hydrogen) atoms. The first-order valence-corrected chi connectivity index (χ1v) is 11.0. The summed E-state index contributed by atoms with van der Waals surface area (Å²) in [5.74, 6) is 0. The van der Waals surface area contributed by atoms with E-state index in [-0.39, 0.29) is 602 Å². The minimum Gasteiger partial charge on any atom is -0.569 e. The zero-order chi connectivity index (χ0) is 53.7. The van der Waals surface area contributed by atoms with Crippen LogP contribution in [-0.4, -0.2) is 233 Å². The second-order valence-electron chi connectivity index (χ2n) is 1.50. The molecular formula is C69H246F2O30U8-. The Balaban J connectivity index is -0.00000000128. The third-order valence-electron chi connectivity index (χ3n) is 0.200. The number of aliphatic hydroxyl groups is 11. The first kappa shape index (κ1) is 1090. The Labute approximate surface area is 893 Å². The second kappa shape index (κ2) is 9580. The van der Waals surface area contributed by atoms with E-state index in [9.17, 15) is 8.78 Å². The van der Waals surface area contributed by atoms with Crippen molar-refractivity contribution in [2.45, 2.75) is 275 Å². The van der Waals surface area contributed by atoms with E-state index in [1.54, 1.807) is 0 Å².